The first-order chi connectivity index (χ1) is 16.3. The molecule has 174 valence electrons. The van der Waals surface area contributed by atoms with E-state index in [1.165, 1.54) is 24.3 Å². The molecule has 0 saturated carbocycles. The van der Waals surface area contributed by atoms with Gasteiger partial charge in [0, 0.05) is 19.7 Å². The van der Waals surface area contributed by atoms with Gasteiger partial charge in [-0.3, -0.25) is 9.78 Å². The quantitative estimate of drug-likeness (QED) is 0.483. The number of pyridine rings is 1. The number of alkyl halides is 3. The topological polar surface area (TPSA) is 78.3 Å². The van der Waals surface area contributed by atoms with E-state index in [1.54, 1.807) is 29.9 Å². The Labute approximate surface area is 192 Å². The largest absolute Gasteiger partial charge is 0.573 e. The number of fused-ring (bicyclic) bond motifs is 2. The van der Waals surface area contributed by atoms with Crippen molar-refractivity contribution < 1.29 is 27.4 Å². The van der Waals surface area contributed by atoms with Crippen molar-refractivity contribution in [2.75, 3.05) is 6.61 Å². The SMILES string of the molecule is Cn1c(C(=O)NC2(c3ccc(OC(F)(F)F)cc3)CCOc3cccnc32)nc2ccccc21. The van der Waals surface area contributed by atoms with Gasteiger partial charge in [-0.2, -0.15) is 0 Å². The van der Waals surface area contributed by atoms with Crippen LogP contribution in [-0.2, 0) is 12.6 Å². The van der Waals surface area contributed by atoms with E-state index >= 15 is 0 Å². The van der Waals surface area contributed by atoms with Gasteiger partial charge in [-0.15, -0.1) is 13.2 Å². The van der Waals surface area contributed by atoms with E-state index in [4.69, 9.17) is 4.74 Å². The summed E-state index contributed by atoms with van der Waals surface area (Å²) in [6.07, 6.45) is -2.92. The molecule has 2 aromatic carbocycles. The summed E-state index contributed by atoms with van der Waals surface area (Å²) < 4.78 is 49.4. The molecule has 2 aromatic heterocycles. The molecule has 1 aliphatic rings. The van der Waals surface area contributed by atoms with Gasteiger partial charge in [0.2, 0.25) is 0 Å². The maximum Gasteiger partial charge on any atom is 0.573 e. The van der Waals surface area contributed by atoms with Crippen molar-refractivity contribution in [3.8, 4) is 11.5 Å². The number of benzene rings is 2. The van der Waals surface area contributed by atoms with Crippen molar-refractivity contribution in [2.24, 2.45) is 7.05 Å². The van der Waals surface area contributed by atoms with Crippen molar-refractivity contribution in [1.29, 1.82) is 0 Å². The number of aryl methyl sites for hydroxylation is 1. The average molecular weight is 468 g/mol. The summed E-state index contributed by atoms with van der Waals surface area (Å²) in [5, 5.41) is 3.06. The predicted octanol–water partition coefficient (Wildman–Crippen LogP) is 4.32. The zero-order valence-corrected chi connectivity index (χ0v) is 18.0. The molecule has 0 spiro atoms. The van der Waals surface area contributed by atoms with Crippen LogP contribution < -0.4 is 14.8 Å². The van der Waals surface area contributed by atoms with E-state index in [0.29, 0.717) is 28.9 Å². The molecule has 1 atom stereocenters. The number of ether oxygens (including phenoxy) is 2. The number of aromatic nitrogens is 3. The van der Waals surface area contributed by atoms with Crippen LogP contribution in [0.4, 0.5) is 13.2 Å². The standard InChI is InChI=1S/C24H19F3N4O3/c1-31-18-6-3-2-5-17(18)29-21(31)22(32)30-23(12-14-33-19-7-4-13-28-20(19)23)15-8-10-16(11-9-15)34-24(25,26)27/h2-11,13H,12,14H2,1H3,(H,30,32). The lowest BCUT2D eigenvalue weighted by Gasteiger charge is -2.38. The van der Waals surface area contributed by atoms with E-state index in [9.17, 15) is 18.0 Å². The average Bonchev–Trinajstić information content (AvgIpc) is 3.15. The van der Waals surface area contributed by atoms with Crippen molar-refractivity contribution in [2.45, 2.75) is 18.3 Å². The highest BCUT2D eigenvalue weighted by atomic mass is 19.4. The number of hydrogen-bond acceptors (Lipinski definition) is 5. The van der Waals surface area contributed by atoms with E-state index in [-0.39, 0.29) is 18.2 Å². The minimum atomic E-state index is -4.81. The summed E-state index contributed by atoms with van der Waals surface area (Å²) in [7, 11) is 1.75. The maximum atomic E-state index is 13.5. The van der Waals surface area contributed by atoms with Gasteiger partial charge in [0.15, 0.2) is 5.82 Å². The van der Waals surface area contributed by atoms with Crippen LogP contribution in [0.25, 0.3) is 11.0 Å². The second kappa shape index (κ2) is 8.05. The Balaban J connectivity index is 1.58. The van der Waals surface area contributed by atoms with Crippen LogP contribution in [0.5, 0.6) is 11.5 Å². The smallest absolute Gasteiger partial charge is 0.491 e. The highest BCUT2D eigenvalue weighted by Crippen LogP contribution is 2.41. The van der Waals surface area contributed by atoms with Crippen LogP contribution in [0, 0.1) is 0 Å². The molecule has 3 heterocycles. The number of nitrogens with zero attached hydrogens (tertiary/aromatic N) is 3. The fraction of sp³-hybridized carbons (Fsp3) is 0.208. The summed E-state index contributed by atoms with van der Waals surface area (Å²) >= 11 is 0. The van der Waals surface area contributed by atoms with Gasteiger partial charge in [-0.25, -0.2) is 4.98 Å². The molecule has 1 unspecified atom stereocenters. The molecule has 34 heavy (non-hydrogen) atoms. The number of imidazole rings is 1. The summed E-state index contributed by atoms with van der Waals surface area (Å²) in [6.45, 7) is 0.266. The number of nitrogens with one attached hydrogen (secondary N) is 1. The summed E-state index contributed by atoms with van der Waals surface area (Å²) in [5.41, 5.74) is 1.31. The Hall–Kier alpha value is -4.08. The van der Waals surface area contributed by atoms with Crippen LogP contribution in [0.1, 0.15) is 28.3 Å². The van der Waals surface area contributed by atoms with Gasteiger partial charge >= 0.3 is 6.36 Å². The predicted molar refractivity (Wildman–Crippen MR) is 116 cm³/mol. The zero-order chi connectivity index (χ0) is 23.9. The number of halogens is 3. The molecule has 5 rings (SSSR count). The summed E-state index contributed by atoms with van der Waals surface area (Å²) in [5.74, 6) is -0.134. The molecular weight excluding hydrogens is 449 g/mol. The van der Waals surface area contributed by atoms with Crippen LogP contribution in [-0.4, -0.2) is 33.4 Å². The number of hydrogen-bond donors (Lipinski definition) is 1. The minimum absolute atomic E-state index is 0.196. The molecular formula is C24H19F3N4O3. The first-order valence-electron chi connectivity index (χ1n) is 10.5. The third-order valence-electron chi connectivity index (χ3n) is 5.81. The number of para-hydroxylation sites is 2. The van der Waals surface area contributed by atoms with Crippen molar-refractivity contribution in [1.82, 2.24) is 19.9 Å². The zero-order valence-electron chi connectivity index (χ0n) is 18.0. The van der Waals surface area contributed by atoms with E-state index in [0.717, 1.165) is 5.52 Å². The van der Waals surface area contributed by atoms with Crippen LogP contribution in [0.2, 0.25) is 0 Å². The first kappa shape index (κ1) is 21.7. The Kier molecular flexibility index (Phi) is 5.15. The fourth-order valence-corrected chi connectivity index (χ4v) is 4.27. The molecule has 7 nitrogen and oxygen atoms in total. The monoisotopic (exact) mass is 468 g/mol. The maximum absolute atomic E-state index is 13.5. The second-order valence-electron chi connectivity index (χ2n) is 7.86. The highest BCUT2D eigenvalue weighted by molar-refractivity contribution is 5.95. The number of carbonyl (C=O) groups is 1. The molecule has 10 heteroatoms. The highest BCUT2D eigenvalue weighted by Gasteiger charge is 2.43. The van der Waals surface area contributed by atoms with Crippen LogP contribution >= 0.6 is 0 Å². The lowest BCUT2D eigenvalue weighted by Crippen LogP contribution is -2.50. The lowest BCUT2D eigenvalue weighted by molar-refractivity contribution is -0.274. The number of carbonyl (C=O) groups excluding carboxylic acids is 1. The Morgan fingerprint density at radius 3 is 2.62 bits per heavy atom. The van der Waals surface area contributed by atoms with Crippen molar-refractivity contribution in [3.63, 3.8) is 0 Å². The molecule has 0 bridgehead atoms. The lowest BCUT2D eigenvalue weighted by atomic mass is 9.81. The summed E-state index contributed by atoms with van der Waals surface area (Å²) in [4.78, 5) is 22.4. The van der Waals surface area contributed by atoms with E-state index in [1.807, 2.05) is 24.3 Å². The minimum Gasteiger partial charge on any atom is -0.491 e. The molecule has 0 fully saturated rings. The number of rotatable bonds is 4. The first-order valence-corrected chi connectivity index (χ1v) is 10.5. The Morgan fingerprint density at radius 1 is 1.12 bits per heavy atom. The Bertz CT molecular complexity index is 1370. The Morgan fingerprint density at radius 2 is 1.88 bits per heavy atom. The molecule has 4 aromatic rings. The second-order valence-corrected chi connectivity index (χ2v) is 7.86. The van der Waals surface area contributed by atoms with E-state index in [2.05, 4.69) is 20.0 Å². The van der Waals surface area contributed by atoms with Crippen molar-refractivity contribution in [3.05, 3.63) is 83.9 Å². The molecule has 1 N–H and O–H groups in total. The normalized spacial score (nSPS) is 17.6. The molecule has 0 radical (unpaired) electrons. The van der Waals surface area contributed by atoms with Gasteiger partial charge in [0.1, 0.15) is 22.7 Å². The summed E-state index contributed by atoms with van der Waals surface area (Å²) in [6, 6.07) is 16.2. The van der Waals surface area contributed by atoms with Gasteiger partial charge in [-0.05, 0) is 42.0 Å². The van der Waals surface area contributed by atoms with Gasteiger partial charge in [-0.1, -0.05) is 24.3 Å². The third-order valence-corrected chi connectivity index (χ3v) is 5.81. The fourth-order valence-electron chi connectivity index (χ4n) is 4.27. The molecule has 0 saturated heterocycles. The van der Waals surface area contributed by atoms with E-state index < -0.39 is 17.8 Å². The number of amides is 1. The van der Waals surface area contributed by atoms with Gasteiger partial charge in [0.25, 0.3) is 5.91 Å². The molecule has 1 amide bonds. The molecule has 0 aliphatic carbocycles. The molecule has 1 aliphatic heterocycles. The third kappa shape index (κ3) is 3.81. The van der Waals surface area contributed by atoms with Crippen LogP contribution in [0.3, 0.4) is 0 Å². The van der Waals surface area contributed by atoms with Gasteiger partial charge in [0.05, 0.1) is 17.6 Å². The van der Waals surface area contributed by atoms with Crippen molar-refractivity contribution >= 4 is 16.9 Å². The van der Waals surface area contributed by atoms with Crippen LogP contribution in [0.15, 0.2) is 66.9 Å². The van der Waals surface area contributed by atoms with Gasteiger partial charge < -0.3 is 19.4 Å².